The quantitative estimate of drug-likeness (QED) is 0.666. The van der Waals surface area contributed by atoms with Gasteiger partial charge in [-0.2, -0.15) is 0 Å². The molecule has 3 unspecified atom stereocenters. The van der Waals surface area contributed by atoms with Crippen molar-refractivity contribution >= 4 is 11.8 Å². The molecule has 3 atom stereocenters. The molecule has 0 aromatic heterocycles. The third kappa shape index (κ3) is 3.32. The number of piperidine rings is 1. The highest BCUT2D eigenvalue weighted by Crippen LogP contribution is 2.22. The lowest BCUT2D eigenvalue weighted by Crippen LogP contribution is -2.56. The van der Waals surface area contributed by atoms with Gasteiger partial charge in [-0.05, 0) is 37.2 Å². The molecule has 3 aliphatic rings. The maximum Gasteiger partial charge on any atom is 0.253 e. The average Bonchev–Trinajstić information content (AvgIpc) is 3.12. The Morgan fingerprint density at radius 3 is 2.42 bits per heavy atom. The molecular formula is C18H24FN5O2. The molecule has 3 aliphatic heterocycles. The monoisotopic (exact) mass is 361 g/mol. The summed E-state index contributed by atoms with van der Waals surface area (Å²) in [4.78, 5) is 29.0. The predicted octanol–water partition coefficient (Wildman–Crippen LogP) is -0.435. The summed E-state index contributed by atoms with van der Waals surface area (Å²) in [5, 5.41) is 3.36. The topological polar surface area (TPSA) is 76.7 Å². The summed E-state index contributed by atoms with van der Waals surface area (Å²) in [6, 6.07) is 5.71. The zero-order valence-electron chi connectivity index (χ0n) is 14.6. The molecule has 140 valence electrons. The van der Waals surface area contributed by atoms with Crippen molar-refractivity contribution in [2.45, 2.75) is 18.5 Å². The summed E-state index contributed by atoms with van der Waals surface area (Å²) in [5.41, 5.74) is 6.89. The molecule has 0 saturated carbocycles. The molecule has 3 fully saturated rings. The van der Waals surface area contributed by atoms with Crippen molar-refractivity contribution < 1.29 is 14.0 Å². The van der Waals surface area contributed by atoms with E-state index in [1.807, 2.05) is 4.90 Å². The second-order valence-electron chi connectivity index (χ2n) is 7.15. The Kier molecular flexibility index (Phi) is 4.88. The number of hydrogen-bond donors (Lipinski definition) is 3. The molecule has 3 saturated heterocycles. The van der Waals surface area contributed by atoms with Gasteiger partial charge in [0.25, 0.3) is 5.91 Å². The van der Waals surface area contributed by atoms with Crippen LogP contribution in [0.2, 0.25) is 0 Å². The van der Waals surface area contributed by atoms with Crippen molar-refractivity contribution in [2.75, 3.05) is 39.3 Å². The van der Waals surface area contributed by atoms with Gasteiger partial charge in [-0.1, -0.05) is 0 Å². The van der Waals surface area contributed by atoms with Crippen LogP contribution in [-0.4, -0.2) is 73.0 Å². The van der Waals surface area contributed by atoms with Gasteiger partial charge in [0.1, 0.15) is 11.9 Å². The maximum absolute atomic E-state index is 13.0. The summed E-state index contributed by atoms with van der Waals surface area (Å²) in [6.07, 6.45) is 1.02. The first-order valence-corrected chi connectivity index (χ1v) is 9.19. The van der Waals surface area contributed by atoms with Gasteiger partial charge in [-0.3, -0.25) is 15.0 Å². The normalized spacial score (nSPS) is 28.7. The Hall–Kier alpha value is -2.03. The number of piperazine rings is 1. The number of carbonyl (C=O) groups is 2. The van der Waals surface area contributed by atoms with Crippen LogP contribution in [0.5, 0.6) is 0 Å². The van der Waals surface area contributed by atoms with Crippen LogP contribution in [0.4, 0.5) is 4.39 Å². The van der Waals surface area contributed by atoms with Crippen molar-refractivity contribution in [1.29, 1.82) is 0 Å². The number of fused-ring (bicyclic) bond motifs is 1. The lowest BCUT2D eigenvalue weighted by Gasteiger charge is -2.37. The fraction of sp³-hybridized carbons (Fsp3) is 0.556. The number of rotatable bonds is 2. The van der Waals surface area contributed by atoms with E-state index in [4.69, 9.17) is 0 Å². The first-order chi connectivity index (χ1) is 12.6. The van der Waals surface area contributed by atoms with Crippen LogP contribution in [0, 0.1) is 11.7 Å². The number of hydrogen-bond acceptors (Lipinski definition) is 5. The zero-order valence-corrected chi connectivity index (χ0v) is 14.6. The number of nitrogens with one attached hydrogen (secondary N) is 3. The lowest BCUT2D eigenvalue weighted by molar-refractivity contribution is -0.135. The molecule has 7 nitrogen and oxygen atoms in total. The number of hydrazine groups is 1. The molecule has 3 heterocycles. The molecule has 0 bridgehead atoms. The van der Waals surface area contributed by atoms with Gasteiger partial charge in [-0.25, -0.2) is 9.82 Å². The Morgan fingerprint density at radius 1 is 1.00 bits per heavy atom. The number of nitrogens with zero attached hydrogens (tertiary/aromatic N) is 2. The van der Waals surface area contributed by atoms with E-state index in [-0.39, 0.29) is 29.6 Å². The predicted molar refractivity (Wildman–Crippen MR) is 93.7 cm³/mol. The minimum Gasteiger partial charge on any atom is -0.338 e. The molecule has 3 N–H and O–H groups in total. The Morgan fingerprint density at radius 2 is 1.69 bits per heavy atom. The van der Waals surface area contributed by atoms with Crippen molar-refractivity contribution in [1.82, 2.24) is 26.0 Å². The van der Waals surface area contributed by atoms with E-state index in [2.05, 4.69) is 16.2 Å². The van der Waals surface area contributed by atoms with Gasteiger partial charge >= 0.3 is 0 Å². The number of benzene rings is 1. The largest absolute Gasteiger partial charge is 0.338 e. The van der Waals surface area contributed by atoms with Gasteiger partial charge < -0.3 is 15.1 Å². The van der Waals surface area contributed by atoms with Crippen LogP contribution >= 0.6 is 0 Å². The highest BCUT2D eigenvalue weighted by Gasteiger charge is 2.43. The fourth-order valence-corrected chi connectivity index (χ4v) is 4.06. The van der Waals surface area contributed by atoms with Gasteiger partial charge in [-0.15, -0.1) is 0 Å². The van der Waals surface area contributed by atoms with E-state index in [1.165, 1.54) is 24.3 Å². The maximum atomic E-state index is 13.0. The molecule has 0 aliphatic carbocycles. The van der Waals surface area contributed by atoms with E-state index in [9.17, 15) is 14.0 Å². The van der Waals surface area contributed by atoms with E-state index in [0.717, 1.165) is 19.5 Å². The van der Waals surface area contributed by atoms with E-state index in [0.29, 0.717) is 37.8 Å². The van der Waals surface area contributed by atoms with Crippen LogP contribution < -0.4 is 16.2 Å². The first kappa shape index (κ1) is 17.4. The highest BCUT2D eigenvalue weighted by molar-refractivity contribution is 5.94. The van der Waals surface area contributed by atoms with Crippen LogP contribution in [0.25, 0.3) is 0 Å². The van der Waals surface area contributed by atoms with Crippen molar-refractivity contribution in [3.8, 4) is 0 Å². The molecule has 1 aromatic carbocycles. The Balaban J connectivity index is 1.34. The van der Waals surface area contributed by atoms with Crippen LogP contribution in [0.15, 0.2) is 24.3 Å². The van der Waals surface area contributed by atoms with Crippen molar-refractivity contribution in [3.63, 3.8) is 0 Å². The minimum absolute atomic E-state index is 0.0996. The van der Waals surface area contributed by atoms with Crippen LogP contribution in [0.3, 0.4) is 0 Å². The van der Waals surface area contributed by atoms with Crippen molar-refractivity contribution in [2.24, 2.45) is 5.92 Å². The SMILES string of the molecule is O=C(c1ccc(F)cc1)N1CCN(C(=O)C2NNC3CCNCC32)CC1. The van der Waals surface area contributed by atoms with Gasteiger partial charge in [0.2, 0.25) is 5.91 Å². The van der Waals surface area contributed by atoms with E-state index >= 15 is 0 Å². The van der Waals surface area contributed by atoms with Crippen LogP contribution in [0.1, 0.15) is 16.8 Å². The lowest BCUT2D eigenvalue weighted by atomic mass is 9.89. The van der Waals surface area contributed by atoms with Crippen LogP contribution in [-0.2, 0) is 4.79 Å². The molecule has 1 aromatic rings. The molecule has 0 spiro atoms. The summed E-state index contributed by atoms with van der Waals surface area (Å²) in [7, 11) is 0. The summed E-state index contributed by atoms with van der Waals surface area (Å²) >= 11 is 0. The van der Waals surface area contributed by atoms with Gasteiger partial charge in [0.15, 0.2) is 0 Å². The summed E-state index contributed by atoms with van der Waals surface area (Å²) < 4.78 is 13.0. The molecule has 8 heteroatoms. The number of amides is 2. The van der Waals surface area contributed by atoms with E-state index < -0.39 is 0 Å². The van der Waals surface area contributed by atoms with Crippen molar-refractivity contribution in [3.05, 3.63) is 35.6 Å². The third-order valence-electron chi connectivity index (χ3n) is 5.62. The van der Waals surface area contributed by atoms with Gasteiger partial charge in [0, 0.05) is 50.2 Å². The van der Waals surface area contributed by atoms with Gasteiger partial charge in [0.05, 0.1) is 0 Å². The minimum atomic E-state index is -0.356. The third-order valence-corrected chi connectivity index (χ3v) is 5.62. The fourth-order valence-electron chi connectivity index (χ4n) is 4.06. The molecule has 26 heavy (non-hydrogen) atoms. The number of halogens is 1. The second-order valence-corrected chi connectivity index (χ2v) is 7.15. The average molecular weight is 361 g/mol. The first-order valence-electron chi connectivity index (χ1n) is 9.19. The Bertz CT molecular complexity index is 675. The Labute approximate surface area is 151 Å². The second kappa shape index (κ2) is 7.30. The molecule has 4 rings (SSSR count). The highest BCUT2D eigenvalue weighted by atomic mass is 19.1. The number of carbonyl (C=O) groups excluding carboxylic acids is 2. The summed E-state index contributed by atoms with van der Waals surface area (Å²) in [5.74, 6) is -0.114. The molecule has 2 amide bonds. The standard InChI is InChI=1S/C18H24FN5O2/c19-13-3-1-12(2-4-13)17(25)23-7-9-24(10-8-23)18(26)16-14-11-20-6-5-15(14)21-22-16/h1-4,14-16,20-22H,5-11H2. The summed E-state index contributed by atoms with van der Waals surface area (Å²) in [6.45, 7) is 3.84. The zero-order chi connectivity index (χ0) is 18.1. The molecular weight excluding hydrogens is 337 g/mol. The van der Waals surface area contributed by atoms with E-state index in [1.54, 1.807) is 4.90 Å². The smallest absolute Gasteiger partial charge is 0.253 e. The molecule has 0 radical (unpaired) electrons.